The molecule has 0 N–H and O–H groups in total. The van der Waals surface area contributed by atoms with Crippen LogP contribution >= 0.6 is 0 Å². The molecule has 0 bridgehead atoms. The van der Waals surface area contributed by atoms with E-state index in [1.54, 1.807) is 22.0 Å². The Kier molecular flexibility index (Phi) is 3.51. The minimum atomic E-state index is -0.337. The van der Waals surface area contributed by atoms with Crippen molar-refractivity contribution in [2.45, 2.75) is 38.8 Å². The largest absolute Gasteiger partial charge is 0.333 e. The van der Waals surface area contributed by atoms with Gasteiger partial charge in [0.1, 0.15) is 6.04 Å². The fourth-order valence-corrected chi connectivity index (χ4v) is 3.35. The molecule has 8 heteroatoms. The van der Waals surface area contributed by atoms with Crippen LogP contribution in [0.4, 0.5) is 10.6 Å². The van der Waals surface area contributed by atoms with Gasteiger partial charge in [0.15, 0.2) is 5.82 Å². The van der Waals surface area contributed by atoms with Crippen molar-refractivity contribution in [2.75, 3.05) is 11.4 Å². The first-order chi connectivity index (χ1) is 11.7. The van der Waals surface area contributed by atoms with Crippen LogP contribution in [-0.2, 0) is 11.3 Å². The number of urea groups is 1. The molecule has 1 unspecified atom stereocenters. The molecule has 2 aromatic heterocycles. The Bertz CT molecular complexity index is 763. The Morgan fingerprint density at radius 1 is 1.21 bits per heavy atom. The number of rotatable bonds is 3. The summed E-state index contributed by atoms with van der Waals surface area (Å²) in [6, 6.07) is 3.18. The Balaban J connectivity index is 1.63. The number of carbonyl (C=O) groups is 2. The van der Waals surface area contributed by atoms with Crippen LogP contribution in [0.2, 0.25) is 0 Å². The SMILES string of the molecule is Cc1c(N2C(=O)C3CCCCN3C2=O)nnn1Cc1ccncc1. The zero-order valence-corrected chi connectivity index (χ0v) is 13.4. The van der Waals surface area contributed by atoms with E-state index in [-0.39, 0.29) is 18.0 Å². The number of piperidine rings is 1. The van der Waals surface area contributed by atoms with Crippen LogP contribution in [0.3, 0.4) is 0 Å². The average Bonchev–Trinajstić information content (AvgIpc) is 3.08. The molecule has 0 saturated carbocycles. The molecule has 0 aromatic carbocycles. The van der Waals surface area contributed by atoms with Gasteiger partial charge in [0.05, 0.1) is 12.2 Å². The molecule has 2 saturated heterocycles. The summed E-state index contributed by atoms with van der Waals surface area (Å²) in [5, 5.41) is 8.23. The third-order valence-corrected chi connectivity index (χ3v) is 4.70. The third-order valence-electron chi connectivity index (χ3n) is 4.70. The number of pyridine rings is 1. The lowest BCUT2D eigenvalue weighted by molar-refractivity contribution is -0.120. The van der Waals surface area contributed by atoms with Gasteiger partial charge in [0, 0.05) is 18.9 Å². The van der Waals surface area contributed by atoms with E-state index in [0.717, 1.165) is 24.8 Å². The second-order valence-electron chi connectivity index (χ2n) is 6.17. The molecule has 124 valence electrons. The number of amides is 3. The van der Waals surface area contributed by atoms with Crippen molar-refractivity contribution in [1.29, 1.82) is 0 Å². The highest BCUT2D eigenvalue weighted by molar-refractivity contribution is 6.21. The summed E-state index contributed by atoms with van der Waals surface area (Å²) in [7, 11) is 0. The monoisotopic (exact) mass is 326 g/mol. The van der Waals surface area contributed by atoms with Crippen molar-refractivity contribution in [3.05, 3.63) is 35.8 Å². The van der Waals surface area contributed by atoms with Crippen LogP contribution in [0.1, 0.15) is 30.5 Å². The van der Waals surface area contributed by atoms with Gasteiger partial charge < -0.3 is 4.90 Å². The van der Waals surface area contributed by atoms with E-state index in [1.165, 1.54) is 4.90 Å². The van der Waals surface area contributed by atoms with Gasteiger partial charge in [-0.05, 0) is 43.9 Å². The molecular weight excluding hydrogens is 308 g/mol. The van der Waals surface area contributed by atoms with E-state index < -0.39 is 0 Å². The topological polar surface area (TPSA) is 84.2 Å². The van der Waals surface area contributed by atoms with E-state index in [0.29, 0.717) is 24.6 Å². The number of hydrogen-bond acceptors (Lipinski definition) is 5. The first-order valence-corrected chi connectivity index (χ1v) is 8.10. The molecule has 2 aliphatic heterocycles. The van der Waals surface area contributed by atoms with E-state index in [2.05, 4.69) is 15.3 Å². The number of fused-ring (bicyclic) bond motifs is 1. The van der Waals surface area contributed by atoms with Gasteiger partial charge in [-0.1, -0.05) is 5.21 Å². The Labute approximate surface area is 139 Å². The van der Waals surface area contributed by atoms with Crippen molar-refractivity contribution in [2.24, 2.45) is 0 Å². The highest BCUT2D eigenvalue weighted by Crippen LogP contribution is 2.31. The maximum atomic E-state index is 12.6. The van der Waals surface area contributed by atoms with Crippen LogP contribution in [-0.4, -0.2) is 49.4 Å². The van der Waals surface area contributed by atoms with Crippen LogP contribution in [0.5, 0.6) is 0 Å². The lowest BCUT2D eigenvalue weighted by atomic mass is 10.0. The molecule has 0 radical (unpaired) electrons. The maximum absolute atomic E-state index is 12.6. The van der Waals surface area contributed by atoms with Crippen molar-refractivity contribution >= 4 is 17.8 Å². The van der Waals surface area contributed by atoms with Crippen molar-refractivity contribution in [3.63, 3.8) is 0 Å². The number of imide groups is 1. The molecular formula is C16H18N6O2. The lowest BCUT2D eigenvalue weighted by Gasteiger charge is -2.25. The fraction of sp³-hybridized carbons (Fsp3) is 0.438. The van der Waals surface area contributed by atoms with Gasteiger partial charge in [-0.3, -0.25) is 9.78 Å². The molecule has 0 aliphatic carbocycles. The summed E-state index contributed by atoms with van der Waals surface area (Å²) < 4.78 is 1.70. The Morgan fingerprint density at radius 2 is 2.00 bits per heavy atom. The number of carbonyl (C=O) groups excluding carboxylic acids is 2. The molecule has 4 rings (SSSR count). The Hall–Kier alpha value is -2.77. The van der Waals surface area contributed by atoms with E-state index >= 15 is 0 Å². The predicted octanol–water partition coefficient (Wildman–Crippen LogP) is 1.35. The highest BCUT2D eigenvalue weighted by Gasteiger charge is 2.48. The maximum Gasteiger partial charge on any atom is 0.333 e. The highest BCUT2D eigenvalue weighted by atomic mass is 16.2. The zero-order chi connectivity index (χ0) is 16.7. The minimum absolute atomic E-state index is 0.182. The predicted molar refractivity (Wildman–Crippen MR) is 85.3 cm³/mol. The summed E-state index contributed by atoms with van der Waals surface area (Å²) in [4.78, 5) is 32.1. The van der Waals surface area contributed by atoms with Gasteiger partial charge in [0.2, 0.25) is 0 Å². The van der Waals surface area contributed by atoms with E-state index in [9.17, 15) is 9.59 Å². The van der Waals surface area contributed by atoms with Crippen molar-refractivity contribution in [1.82, 2.24) is 24.9 Å². The van der Waals surface area contributed by atoms with Gasteiger partial charge >= 0.3 is 6.03 Å². The van der Waals surface area contributed by atoms with Gasteiger partial charge in [-0.15, -0.1) is 5.10 Å². The number of anilines is 1. The van der Waals surface area contributed by atoms with Crippen molar-refractivity contribution < 1.29 is 9.59 Å². The third kappa shape index (κ3) is 2.26. The normalized spacial score (nSPS) is 20.6. The average molecular weight is 326 g/mol. The van der Waals surface area contributed by atoms with Gasteiger partial charge in [-0.25, -0.2) is 14.4 Å². The fourth-order valence-electron chi connectivity index (χ4n) is 3.35. The summed E-state index contributed by atoms with van der Waals surface area (Å²) >= 11 is 0. The van der Waals surface area contributed by atoms with Crippen LogP contribution in [0.15, 0.2) is 24.5 Å². The molecule has 8 nitrogen and oxygen atoms in total. The van der Waals surface area contributed by atoms with Crippen LogP contribution < -0.4 is 4.90 Å². The number of hydrogen-bond donors (Lipinski definition) is 0. The van der Waals surface area contributed by atoms with Crippen LogP contribution in [0.25, 0.3) is 0 Å². The number of nitrogens with zero attached hydrogens (tertiary/aromatic N) is 6. The van der Waals surface area contributed by atoms with Gasteiger partial charge in [-0.2, -0.15) is 0 Å². The second kappa shape index (κ2) is 5.70. The molecule has 2 fully saturated rings. The lowest BCUT2D eigenvalue weighted by Crippen LogP contribution is -2.39. The first kappa shape index (κ1) is 14.8. The van der Waals surface area contributed by atoms with Gasteiger partial charge in [0.25, 0.3) is 5.91 Å². The summed E-state index contributed by atoms with van der Waals surface area (Å²) in [6.07, 6.45) is 6.08. The zero-order valence-electron chi connectivity index (χ0n) is 13.4. The first-order valence-electron chi connectivity index (χ1n) is 8.10. The van der Waals surface area contributed by atoms with E-state index in [4.69, 9.17) is 0 Å². The number of aromatic nitrogens is 4. The molecule has 2 aliphatic rings. The standard InChI is InChI=1S/C16H18N6O2/c1-11-14(18-19-21(11)10-12-5-7-17-8-6-12)22-15(23)13-4-2-3-9-20(13)16(22)24/h5-8,13H,2-4,9-10H2,1H3. The van der Waals surface area contributed by atoms with E-state index in [1.807, 2.05) is 19.1 Å². The molecule has 4 heterocycles. The summed E-state index contributed by atoms with van der Waals surface area (Å²) in [6.45, 7) is 2.98. The molecule has 2 aromatic rings. The smallest absolute Gasteiger partial charge is 0.312 e. The Morgan fingerprint density at radius 3 is 2.75 bits per heavy atom. The van der Waals surface area contributed by atoms with Crippen molar-refractivity contribution in [3.8, 4) is 0 Å². The molecule has 3 amide bonds. The second-order valence-corrected chi connectivity index (χ2v) is 6.17. The summed E-state index contributed by atoms with van der Waals surface area (Å²) in [5.41, 5.74) is 1.73. The quantitative estimate of drug-likeness (QED) is 0.795. The molecule has 24 heavy (non-hydrogen) atoms. The molecule has 0 spiro atoms. The minimum Gasteiger partial charge on any atom is -0.312 e. The van der Waals surface area contributed by atoms with Crippen LogP contribution in [0, 0.1) is 6.92 Å². The molecule has 1 atom stereocenters. The summed E-state index contributed by atoms with van der Waals surface area (Å²) in [5.74, 6) is 0.159.